The van der Waals surface area contributed by atoms with Crippen LogP contribution in [0, 0.1) is 0 Å². The molecular weight excluding hydrogens is 491 g/mol. The highest BCUT2D eigenvalue weighted by Gasteiger charge is 2.26. The predicted octanol–water partition coefficient (Wildman–Crippen LogP) is 6.54. The summed E-state index contributed by atoms with van der Waals surface area (Å²) in [4.78, 5) is 17.2. The van der Waals surface area contributed by atoms with Gasteiger partial charge in [-0.25, -0.2) is 0 Å². The molecule has 1 N–H and O–H groups in total. The van der Waals surface area contributed by atoms with Gasteiger partial charge in [0, 0.05) is 19.5 Å². The number of hydrogen-bond acceptors (Lipinski definition) is 3. The molecule has 2 unspecified atom stereocenters. The summed E-state index contributed by atoms with van der Waals surface area (Å²) >= 11 is 12.5. The maximum absolute atomic E-state index is 13.0. The summed E-state index contributed by atoms with van der Waals surface area (Å²) in [5.41, 5.74) is 3.09. The Morgan fingerprint density at radius 1 is 0.944 bits per heavy atom. The lowest BCUT2D eigenvalue weighted by atomic mass is 9.89. The van der Waals surface area contributed by atoms with Gasteiger partial charge in [0.1, 0.15) is 0 Å². The number of halogens is 2. The van der Waals surface area contributed by atoms with E-state index in [0.717, 1.165) is 44.5 Å². The Morgan fingerprint density at radius 2 is 1.58 bits per heavy atom. The van der Waals surface area contributed by atoms with E-state index in [4.69, 9.17) is 23.2 Å². The van der Waals surface area contributed by atoms with E-state index < -0.39 is 6.10 Å². The fourth-order valence-corrected chi connectivity index (χ4v) is 5.40. The second kappa shape index (κ2) is 12.7. The Balaban J connectivity index is 1.40. The summed E-state index contributed by atoms with van der Waals surface area (Å²) in [5.74, 6) is 0.384. The first-order valence-electron chi connectivity index (χ1n) is 12.6. The molecule has 0 aliphatic carbocycles. The molecule has 1 aliphatic rings. The van der Waals surface area contributed by atoms with Crippen LogP contribution in [0.3, 0.4) is 0 Å². The van der Waals surface area contributed by atoms with Crippen molar-refractivity contribution in [1.29, 1.82) is 0 Å². The van der Waals surface area contributed by atoms with E-state index in [1.54, 1.807) is 24.1 Å². The second-order valence-corrected chi connectivity index (χ2v) is 10.5. The molecule has 0 radical (unpaired) electrons. The number of hydrogen-bond donors (Lipinski definition) is 1. The quantitative estimate of drug-likeness (QED) is 0.345. The van der Waals surface area contributed by atoms with E-state index in [-0.39, 0.29) is 11.8 Å². The molecule has 1 aliphatic heterocycles. The van der Waals surface area contributed by atoms with E-state index in [2.05, 4.69) is 35.2 Å². The molecule has 1 amide bonds. The highest BCUT2D eigenvalue weighted by molar-refractivity contribution is 6.42. The number of aliphatic hydroxyl groups excluding tert-OH is 1. The molecule has 6 heteroatoms. The summed E-state index contributed by atoms with van der Waals surface area (Å²) in [7, 11) is 1.75. The third-order valence-corrected chi connectivity index (χ3v) is 8.03. The normalized spacial score (nSPS) is 16.4. The number of carbonyl (C=O) groups is 1. The Bertz CT molecular complexity index is 1120. The van der Waals surface area contributed by atoms with Crippen LogP contribution >= 0.6 is 23.2 Å². The number of benzene rings is 3. The first-order chi connectivity index (χ1) is 17.4. The van der Waals surface area contributed by atoms with Crippen LogP contribution in [0.4, 0.5) is 0 Å². The van der Waals surface area contributed by atoms with Gasteiger partial charge in [-0.1, -0.05) is 89.9 Å². The van der Waals surface area contributed by atoms with Crippen molar-refractivity contribution < 1.29 is 9.90 Å². The fraction of sp³-hybridized carbons (Fsp3) is 0.367. The van der Waals surface area contributed by atoms with Crippen LogP contribution in [-0.2, 0) is 4.79 Å². The van der Waals surface area contributed by atoms with Crippen molar-refractivity contribution in [3.05, 3.63) is 106 Å². The minimum Gasteiger partial charge on any atom is -0.378 e. The van der Waals surface area contributed by atoms with Gasteiger partial charge in [0.15, 0.2) is 6.10 Å². The van der Waals surface area contributed by atoms with Gasteiger partial charge in [-0.15, -0.1) is 0 Å². The zero-order valence-electron chi connectivity index (χ0n) is 20.7. The van der Waals surface area contributed by atoms with Crippen LogP contribution < -0.4 is 0 Å². The first kappa shape index (κ1) is 26.7. The van der Waals surface area contributed by atoms with Crippen LogP contribution in [0.25, 0.3) is 0 Å². The van der Waals surface area contributed by atoms with E-state index in [1.807, 2.05) is 36.4 Å². The Kier molecular flexibility index (Phi) is 9.44. The molecule has 0 aromatic heterocycles. The molecule has 2 atom stereocenters. The minimum atomic E-state index is -1.18. The molecule has 0 bridgehead atoms. The molecule has 3 aromatic rings. The number of likely N-dealkylation sites (N-methyl/N-ethyl adjacent to an activating group) is 1. The number of nitrogens with zero attached hydrogens (tertiary/aromatic N) is 2. The van der Waals surface area contributed by atoms with Gasteiger partial charge in [-0.3, -0.25) is 4.79 Å². The van der Waals surface area contributed by atoms with Gasteiger partial charge < -0.3 is 14.9 Å². The standard InChI is InChI=1S/C30H34Cl2N2O2/c1-33(30(36)29(35)24-10-6-3-7-11-24)21-26(25-12-13-27(31)28(32)20-25)16-19-34-17-14-23(15-18-34)22-8-4-2-5-9-22/h2-13,20,23,26,29,35H,14-19,21H2,1H3. The van der Waals surface area contributed by atoms with Crippen LogP contribution in [0.15, 0.2) is 78.9 Å². The Labute approximate surface area is 224 Å². The van der Waals surface area contributed by atoms with Crippen LogP contribution in [0.2, 0.25) is 10.0 Å². The highest BCUT2D eigenvalue weighted by Crippen LogP contribution is 2.31. The molecule has 1 fully saturated rings. The van der Waals surface area contributed by atoms with Crippen molar-refractivity contribution in [3.63, 3.8) is 0 Å². The van der Waals surface area contributed by atoms with Crippen molar-refractivity contribution >= 4 is 29.1 Å². The van der Waals surface area contributed by atoms with Crippen molar-refractivity contribution in [2.75, 3.05) is 33.2 Å². The van der Waals surface area contributed by atoms with E-state index in [1.165, 1.54) is 5.56 Å². The maximum Gasteiger partial charge on any atom is 0.255 e. The van der Waals surface area contributed by atoms with Gasteiger partial charge in [-0.2, -0.15) is 0 Å². The van der Waals surface area contributed by atoms with E-state index in [9.17, 15) is 9.90 Å². The summed E-state index contributed by atoms with van der Waals surface area (Å²) < 4.78 is 0. The highest BCUT2D eigenvalue weighted by atomic mass is 35.5. The van der Waals surface area contributed by atoms with Crippen molar-refractivity contribution in [3.8, 4) is 0 Å². The lowest BCUT2D eigenvalue weighted by Gasteiger charge is -2.34. The lowest BCUT2D eigenvalue weighted by Crippen LogP contribution is -2.37. The van der Waals surface area contributed by atoms with E-state index in [0.29, 0.717) is 28.1 Å². The second-order valence-electron chi connectivity index (χ2n) is 9.72. The Hall–Kier alpha value is -2.37. The van der Waals surface area contributed by atoms with Crippen LogP contribution in [-0.4, -0.2) is 54.0 Å². The fourth-order valence-electron chi connectivity index (χ4n) is 5.09. The molecule has 0 spiro atoms. The molecular formula is C30H34Cl2N2O2. The zero-order chi connectivity index (χ0) is 25.5. The molecule has 1 heterocycles. The molecule has 4 rings (SSSR count). The number of rotatable bonds is 9. The average molecular weight is 526 g/mol. The van der Waals surface area contributed by atoms with E-state index >= 15 is 0 Å². The van der Waals surface area contributed by atoms with Gasteiger partial charge in [0.2, 0.25) is 0 Å². The summed E-state index contributed by atoms with van der Waals surface area (Å²) in [6.45, 7) is 3.56. The lowest BCUT2D eigenvalue weighted by molar-refractivity contribution is -0.139. The summed E-state index contributed by atoms with van der Waals surface area (Å²) in [6, 6.07) is 25.6. The summed E-state index contributed by atoms with van der Waals surface area (Å²) in [6.07, 6.45) is 2.02. The van der Waals surface area contributed by atoms with Crippen LogP contribution in [0.1, 0.15) is 53.9 Å². The molecule has 0 saturated carbocycles. The molecule has 3 aromatic carbocycles. The molecule has 190 valence electrons. The largest absolute Gasteiger partial charge is 0.378 e. The molecule has 1 saturated heterocycles. The number of aliphatic hydroxyl groups is 1. The van der Waals surface area contributed by atoms with Crippen LogP contribution in [0.5, 0.6) is 0 Å². The van der Waals surface area contributed by atoms with Gasteiger partial charge in [0.25, 0.3) is 5.91 Å². The number of likely N-dealkylation sites (tertiary alicyclic amines) is 1. The third-order valence-electron chi connectivity index (χ3n) is 7.29. The smallest absolute Gasteiger partial charge is 0.255 e. The van der Waals surface area contributed by atoms with Crippen molar-refractivity contribution in [2.45, 2.75) is 37.2 Å². The van der Waals surface area contributed by atoms with Gasteiger partial charge >= 0.3 is 0 Å². The van der Waals surface area contributed by atoms with Gasteiger partial charge in [0.05, 0.1) is 10.0 Å². The first-order valence-corrected chi connectivity index (χ1v) is 13.4. The predicted molar refractivity (Wildman–Crippen MR) is 148 cm³/mol. The SMILES string of the molecule is CN(CC(CCN1CCC(c2ccccc2)CC1)c1ccc(Cl)c(Cl)c1)C(=O)C(O)c1ccccc1. The zero-order valence-corrected chi connectivity index (χ0v) is 22.2. The molecule has 36 heavy (non-hydrogen) atoms. The number of carbonyl (C=O) groups excluding carboxylic acids is 1. The number of amides is 1. The topological polar surface area (TPSA) is 43.8 Å². The van der Waals surface area contributed by atoms with Crippen molar-refractivity contribution in [1.82, 2.24) is 9.80 Å². The van der Waals surface area contributed by atoms with Crippen molar-refractivity contribution in [2.24, 2.45) is 0 Å². The molecule has 4 nitrogen and oxygen atoms in total. The maximum atomic E-state index is 13.0. The minimum absolute atomic E-state index is 0.0727. The Morgan fingerprint density at radius 3 is 2.22 bits per heavy atom. The monoisotopic (exact) mass is 524 g/mol. The van der Waals surface area contributed by atoms with Gasteiger partial charge in [-0.05, 0) is 73.6 Å². The summed E-state index contributed by atoms with van der Waals surface area (Å²) in [5, 5.41) is 11.7. The number of piperidine rings is 1. The third kappa shape index (κ3) is 6.89. The average Bonchev–Trinajstić information content (AvgIpc) is 2.93.